The first kappa shape index (κ1) is 16.2. The SMILES string of the molecule is CC[Si](CC)(CC)[Te+][Si](CC)(CC)CC. The molecule has 0 aromatic rings. The minimum absolute atomic E-state index is 0.394. The summed E-state index contributed by atoms with van der Waals surface area (Å²) in [6.07, 6.45) is 0. The van der Waals surface area contributed by atoms with Crippen molar-refractivity contribution < 1.29 is 0 Å². The van der Waals surface area contributed by atoms with Crippen molar-refractivity contribution in [3.8, 4) is 0 Å². The van der Waals surface area contributed by atoms with E-state index in [1.807, 2.05) is 0 Å². The number of rotatable bonds is 8. The first-order valence-corrected chi connectivity index (χ1v) is 18.8. The summed E-state index contributed by atoms with van der Waals surface area (Å²) < 4.78 is 0. The van der Waals surface area contributed by atoms with Crippen molar-refractivity contribution >= 4 is 30.6 Å². The van der Waals surface area contributed by atoms with E-state index < -0.39 is 11.2 Å². The van der Waals surface area contributed by atoms with Crippen LogP contribution in [0.25, 0.3) is 0 Å². The van der Waals surface area contributed by atoms with E-state index in [4.69, 9.17) is 0 Å². The maximum absolute atomic E-state index is 2.49. The fraction of sp³-hybridized carbons (Fsp3) is 1.00. The third-order valence-corrected chi connectivity index (χ3v) is 52.6. The molecule has 0 amide bonds. The van der Waals surface area contributed by atoms with Gasteiger partial charge in [0.25, 0.3) is 0 Å². The van der Waals surface area contributed by atoms with Crippen LogP contribution in [0.2, 0.25) is 36.3 Å². The van der Waals surface area contributed by atoms with Crippen molar-refractivity contribution in [2.24, 2.45) is 0 Å². The predicted octanol–water partition coefficient (Wildman–Crippen LogP) is 4.70. The van der Waals surface area contributed by atoms with Crippen molar-refractivity contribution in [1.82, 2.24) is 0 Å². The van der Waals surface area contributed by atoms with Gasteiger partial charge < -0.3 is 0 Å². The summed E-state index contributed by atoms with van der Waals surface area (Å²) in [7, 11) is 0. The minimum atomic E-state index is -0.724. The molecule has 0 spiro atoms. The molecule has 3 heteroatoms. The van der Waals surface area contributed by atoms with Crippen molar-refractivity contribution in [3.63, 3.8) is 0 Å². The summed E-state index contributed by atoms with van der Waals surface area (Å²) in [6.45, 7) is 14.9. The Morgan fingerprint density at radius 2 is 0.733 bits per heavy atom. The normalized spacial score (nSPS) is 13.2. The van der Waals surface area contributed by atoms with Gasteiger partial charge in [-0.25, -0.2) is 0 Å². The maximum atomic E-state index is 2.49. The van der Waals surface area contributed by atoms with Gasteiger partial charge in [0, 0.05) is 0 Å². The Morgan fingerprint density at radius 3 is 0.867 bits per heavy atom. The molecule has 91 valence electrons. The Hall–Kier alpha value is 1.22. The van der Waals surface area contributed by atoms with Crippen molar-refractivity contribution in [1.29, 1.82) is 0 Å². The Kier molecular flexibility index (Phi) is 8.14. The van der Waals surface area contributed by atoms with Crippen LogP contribution in [0.4, 0.5) is 0 Å². The summed E-state index contributed by atoms with van der Waals surface area (Å²) in [4.78, 5) is 0. The van der Waals surface area contributed by atoms with Crippen LogP contribution in [0.3, 0.4) is 0 Å². The molecule has 0 rings (SSSR count). The molecule has 0 heterocycles. The van der Waals surface area contributed by atoms with Crippen molar-refractivity contribution in [2.45, 2.75) is 77.8 Å². The number of hydrogen-bond acceptors (Lipinski definition) is 0. The molecule has 0 atom stereocenters. The van der Waals surface area contributed by atoms with E-state index in [1.165, 1.54) is 0 Å². The third kappa shape index (κ3) is 4.18. The second-order valence-electron chi connectivity index (χ2n) is 4.59. The van der Waals surface area contributed by atoms with Gasteiger partial charge in [0.05, 0.1) is 0 Å². The topological polar surface area (TPSA) is 0 Å². The quantitative estimate of drug-likeness (QED) is 0.552. The standard InChI is InChI=1S/C12H30Si2Te/c1-7-13(8-2,9-3)15-14(10-4,11-5)12-6/h7-12H2,1-6H3/q+1. The van der Waals surface area contributed by atoms with E-state index in [-0.39, 0.29) is 0 Å². The summed E-state index contributed by atoms with van der Waals surface area (Å²) in [6, 6.07) is 9.48. The first-order chi connectivity index (χ1) is 7.07. The molecule has 0 aliphatic rings. The molecule has 0 N–H and O–H groups in total. The molecule has 0 aliphatic heterocycles. The third-order valence-electron chi connectivity index (χ3n) is 4.30. The second-order valence-corrected chi connectivity index (χ2v) is 34.5. The first-order valence-electron chi connectivity index (χ1n) is 6.77. The van der Waals surface area contributed by atoms with Gasteiger partial charge in [-0.3, -0.25) is 0 Å². The van der Waals surface area contributed by atoms with Crippen LogP contribution in [0.15, 0.2) is 0 Å². The van der Waals surface area contributed by atoms with Gasteiger partial charge in [-0.1, -0.05) is 0 Å². The van der Waals surface area contributed by atoms with Gasteiger partial charge in [-0.15, -0.1) is 0 Å². The molecule has 0 bridgehead atoms. The van der Waals surface area contributed by atoms with Gasteiger partial charge >= 0.3 is 108 Å². The average Bonchev–Trinajstić information content (AvgIpc) is 2.33. The zero-order valence-corrected chi connectivity index (χ0v) is 16.0. The van der Waals surface area contributed by atoms with E-state index in [2.05, 4.69) is 41.5 Å². The van der Waals surface area contributed by atoms with E-state index in [9.17, 15) is 0 Å². The van der Waals surface area contributed by atoms with Gasteiger partial charge in [0.2, 0.25) is 0 Å². The Bertz CT molecular complexity index is 128. The number of hydrogen-bond donors (Lipinski definition) is 0. The monoisotopic (exact) mass is 360 g/mol. The molecule has 0 saturated carbocycles. The molecule has 0 unspecified atom stereocenters. The fourth-order valence-electron chi connectivity index (χ4n) is 2.39. The molecule has 0 aromatic heterocycles. The molecule has 0 fully saturated rings. The zero-order valence-electron chi connectivity index (χ0n) is 11.7. The van der Waals surface area contributed by atoms with Gasteiger partial charge in [-0.2, -0.15) is 0 Å². The van der Waals surface area contributed by atoms with Crippen LogP contribution in [0.1, 0.15) is 41.5 Å². The Labute approximate surface area is 108 Å². The van der Waals surface area contributed by atoms with E-state index in [1.54, 1.807) is 36.3 Å². The molecular formula is C12H30Si2Te+. The van der Waals surface area contributed by atoms with Crippen molar-refractivity contribution in [3.05, 3.63) is 0 Å². The van der Waals surface area contributed by atoms with Crippen LogP contribution < -0.4 is 0 Å². The average molecular weight is 358 g/mol. The fourth-order valence-corrected chi connectivity index (χ4v) is 58.4. The molecular weight excluding hydrogens is 328 g/mol. The van der Waals surface area contributed by atoms with E-state index in [0.29, 0.717) is 19.3 Å². The predicted molar refractivity (Wildman–Crippen MR) is 80.1 cm³/mol. The van der Waals surface area contributed by atoms with Crippen LogP contribution in [0.5, 0.6) is 0 Å². The van der Waals surface area contributed by atoms with E-state index >= 15 is 0 Å². The molecule has 1 radical (unpaired) electrons. The van der Waals surface area contributed by atoms with Crippen LogP contribution in [0, 0.1) is 0 Å². The summed E-state index contributed by atoms with van der Waals surface area (Å²) >= 11 is 0.394. The molecule has 15 heavy (non-hydrogen) atoms. The van der Waals surface area contributed by atoms with Gasteiger partial charge in [0.1, 0.15) is 0 Å². The van der Waals surface area contributed by atoms with Gasteiger partial charge in [-0.05, 0) is 0 Å². The van der Waals surface area contributed by atoms with Crippen LogP contribution in [-0.4, -0.2) is 30.6 Å². The molecule has 0 nitrogen and oxygen atoms in total. The molecule has 0 saturated heterocycles. The Balaban J connectivity index is 4.74. The molecule has 0 aromatic carbocycles. The molecule has 0 aliphatic carbocycles. The summed E-state index contributed by atoms with van der Waals surface area (Å²) in [5.74, 6) is 0. The summed E-state index contributed by atoms with van der Waals surface area (Å²) in [5.41, 5.74) is -1.45. The second kappa shape index (κ2) is 7.53. The zero-order chi connectivity index (χ0) is 11.9. The summed E-state index contributed by atoms with van der Waals surface area (Å²) in [5, 5.41) is 0. The van der Waals surface area contributed by atoms with E-state index in [0.717, 1.165) is 0 Å². The Morgan fingerprint density at radius 1 is 0.533 bits per heavy atom. The van der Waals surface area contributed by atoms with Crippen molar-refractivity contribution in [2.75, 3.05) is 0 Å². The van der Waals surface area contributed by atoms with Gasteiger partial charge in [0.15, 0.2) is 0 Å². The van der Waals surface area contributed by atoms with Crippen LogP contribution >= 0.6 is 0 Å². The van der Waals surface area contributed by atoms with Crippen LogP contribution in [-0.2, 0) is 0 Å².